The molecule has 0 bridgehead atoms. The molecule has 3 aromatic rings. The molecule has 0 spiro atoms. The van der Waals surface area contributed by atoms with Crippen LogP contribution in [0, 0.1) is 0 Å². The van der Waals surface area contributed by atoms with Crippen molar-refractivity contribution in [2.24, 2.45) is 0 Å². The first kappa shape index (κ1) is 15.5. The standard InChI is InChI=1S/C22H20N2O/c1-16(24-15-18-7-5-6-10-21(18)22(24)25)17-11-13-20(14-12-17)23-19-8-3-2-4-9-19/h2-14,16,23H,15H2,1H3. The first-order valence-corrected chi connectivity index (χ1v) is 8.53. The van der Waals surface area contributed by atoms with E-state index < -0.39 is 0 Å². The highest BCUT2D eigenvalue weighted by molar-refractivity contribution is 5.98. The van der Waals surface area contributed by atoms with Crippen LogP contribution in [0.5, 0.6) is 0 Å². The van der Waals surface area contributed by atoms with E-state index in [0.717, 1.165) is 28.1 Å². The van der Waals surface area contributed by atoms with Gasteiger partial charge >= 0.3 is 0 Å². The number of rotatable bonds is 4. The topological polar surface area (TPSA) is 32.3 Å². The van der Waals surface area contributed by atoms with E-state index in [1.807, 2.05) is 59.5 Å². The number of fused-ring (bicyclic) bond motifs is 1. The van der Waals surface area contributed by atoms with Gasteiger partial charge in [0.15, 0.2) is 0 Å². The van der Waals surface area contributed by atoms with Crippen molar-refractivity contribution < 1.29 is 4.79 Å². The zero-order chi connectivity index (χ0) is 17.2. The fourth-order valence-electron chi connectivity index (χ4n) is 3.30. The fraction of sp³-hybridized carbons (Fsp3) is 0.136. The van der Waals surface area contributed by atoms with Crippen LogP contribution in [-0.4, -0.2) is 10.8 Å². The molecule has 1 atom stereocenters. The second-order valence-electron chi connectivity index (χ2n) is 6.38. The summed E-state index contributed by atoms with van der Waals surface area (Å²) in [7, 11) is 0. The van der Waals surface area contributed by atoms with E-state index in [1.165, 1.54) is 0 Å². The molecule has 0 saturated carbocycles. The van der Waals surface area contributed by atoms with Crippen LogP contribution in [0.15, 0.2) is 78.9 Å². The van der Waals surface area contributed by atoms with Gasteiger partial charge in [0.2, 0.25) is 0 Å². The molecule has 1 N–H and O–H groups in total. The number of para-hydroxylation sites is 1. The number of amides is 1. The summed E-state index contributed by atoms with van der Waals surface area (Å²) < 4.78 is 0. The first-order valence-electron chi connectivity index (χ1n) is 8.53. The number of hydrogen-bond acceptors (Lipinski definition) is 2. The van der Waals surface area contributed by atoms with Crippen LogP contribution in [0.25, 0.3) is 0 Å². The van der Waals surface area contributed by atoms with Crippen molar-refractivity contribution in [1.82, 2.24) is 4.90 Å². The number of carbonyl (C=O) groups is 1. The van der Waals surface area contributed by atoms with Gasteiger partial charge in [0, 0.05) is 23.5 Å². The van der Waals surface area contributed by atoms with E-state index in [4.69, 9.17) is 0 Å². The summed E-state index contributed by atoms with van der Waals surface area (Å²) in [6, 6.07) is 26.3. The lowest BCUT2D eigenvalue weighted by molar-refractivity contribution is 0.0716. The first-order chi connectivity index (χ1) is 12.2. The van der Waals surface area contributed by atoms with Crippen LogP contribution in [-0.2, 0) is 6.54 Å². The number of nitrogens with one attached hydrogen (secondary N) is 1. The maximum absolute atomic E-state index is 12.6. The molecular weight excluding hydrogens is 308 g/mol. The minimum absolute atomic E-state index is 0.0469. The van der Waals surface area contributed by atoms with Gasteiger partial charge in [-0.1, -0.05) is 48.5 Å². The van der Waals surface area contributed by atoms with Gasteiger partial charge < -0.3 is 10.2 Å². The molecule has 1 amide bonds. The van der Waals surface area contributed by atoms with Crippen molar-refractivity contribution in [3.8, 4) is 0 Å². The average molecular weight is 328 g/mol. The van der Waals surface area contributed by atoms with Gasteiger partial charge in [0.25, 0.3) is 5.91 Å². The Morgan fingerprint density at radius 1 is 0.840 bits per heavy atom. The van der Waals surface area contributed by atoms with E-state index in [-0.39, 0.29) is 11.9 Å². The predicted molar refractivity (Wildman–Crippen MR) is 101 cm³/mol. The van der Waals surface area contributed by atoms with Gasteiger partial charge in [-0.3, -0.25) is 4.79 Å². The second kappa shape index (κ2) is 6.44. The molecule has 25 heavy (non-hydrogen) atoms. The molecular formula is C22H20N2O. The third-order valence-electron chi connectivity index (χ3n) is 4.77. The summed E-state index contributed by atoms with van der Waals surface area (Å²) in [4.78, 5) is 14.6. The van der Waals surface area contributed by atoms with Crippen molar-refractivity contribution in [2.45, 2.75) is 19.5 Å². The highest BCUT2D eigenvalue weighted by Crippen LogP contribution is 2.31. The molecule has 3 nitrogen and oxygen atoms in total. The summed E-state index contributed by atoms with van der Waals surface area (Å²) in [6.45, 7) is 2.77. The Balaban J connectivity index is 1.50. The quantitative estimate of drug-likeness (QED) is 0.718. The Hall–Kier alpha value is -3.07. The molecule has 3 aromatic carbocycles. The van der Waals surface area contributed by atoms with Crippen molar-refractivity contribution in [2.75, 3.05) is 5.32 Å². The van der Waals surface area contributed by atoms with Gasteiger partial charge in [0.05, 0.1) is 6.04 Å². The third-order valence-corrected chi connectivity index (χ3v) is 4.77. The summed E-state index contributed by atoms with van der Waals surface area (Å²) in [6.07, 6.45) is 0. The number of carbonyl (C=O) groups excluding carboxylic acids is 1. The maximum Gasteiger partial charge on any atom is 0.255 e. The minimum atomic E-state index is 0.0469. The molecule has 3 heteroatoms. The second-order valence-corrected chi connectivity index (χ2v) is 6.38. The molecule has 4 rings (SSSR count). The molecule has 0 radical (unpaired) electrons. The lowest BCUT2D eigenvalue weighted by atomic mass is 10.1. The highest BCUT2D eigenvalue weighted by atomic mass is 16.2. The summed E-state index contributed by atoms with van der Waals surface area (Å²) in [5.41, 5.74) is 5.19. The van der Waals surface area contributed by atoms with E-state index in [9.17, 15) is 4.79 Å². The normalized spacial score (nSPS) is 14.3. The third kappa shape index (κ3) is 3.01. The minimum Gasteiger partial charge on any atom is -0.356 e. The van der Waals surface area contributed by atoms with Gasteiger partial charge in [-0.05, 0) is 48.4 Å². The molecule has 0 aromatic heterocycles. The Morgan fingerprint density at radius 3 is 2.20 bits per heavy atom. The summed E-state index contributed by atoms with van der Waals surface area (Å²) in [5, 5.41) is 3.38. The monoisotopic (exact) mass is 328 g/mol. The zero-order valence-corrected chi connectivity index (χ0v) is 14.1. The van der Waals surface area contributed by atoms with Crippen molar-refractivity contribution >= 4 is 17.3 Å². The SMILES string of the molecule is CC(c1ccc(Nc2ccccc2)cc1)N1Cc2ccccc2C1=O. The number of hydrogen-bond donors (Lipinski definition) is 1. The van der Waals surface area contributed by atoms with E-state index in [2.05, 4.69) is 36.5 Å². The van der Waals surface area contributed by atoms with Gasteiger partial charge in [-0.15, -0.1) is 0 Å². The Morgan fingerprint density at radius 2 is 1.48 bits per heavy atom. The van der Waals surface area contributed by atoms with Gasteiger partial charge in [-0.25, -0.2) is 0 Å². The lowest BCUT2D eigenvalue weighted by Crippen LogP contribution is -2.27. The smallest absolute Gasteiger partial charge is 0.255 e. The van der Waals surface area contributed by atoms with Gasteiger partial charge in [-0.2, -0.15) is 0 Å². The average Bonchev–Trinajstić information content (AvgIpc) is 3.00. The summed E-state index contributed by atoms with van der Waals surface area (Å²) >= 11 is 0. The van der Waals surface area contributed by atoms with Crippen LogP contribution in [0.2, 0.25) is 0 Å². The zero-order valence-electron chi connectivity index (χ0n) is 14.1. The highest BCUT2D eigenvalue weighted by Gasteiger charge is 2.30. The number of benzene rings is 3. The molecule has 1 aliphatic heterocycles. The van der Waals surface area contributed by atoms with Crippen LogP contribution in [0.4, 0.5) is 11.4 Å². The van der Waals surface area contributed by atoms with E-state index in [1.54, 1.807) is 0 Å². The maximum atomic E-state index is 12.6. The molecule has 1 heterocycles. The van der Waals surface area contributed by atoms with Gasteiger partial charge in [0.1, 0.15) is 0 Å². The summed E-state index contributed by atoms with van der Waals surface area (Å²) in [5.74, 6) is 0.120. The van der Waals surface area contributed by atoms with Crippen LogP contribution >= 0.6 is 0 Å². The molecule has 1 aliphatic rings. The van der Waals surface area contributed by atoms with E-state index in [0.29, 0.717) is 6.54 Å². The van der Waals surface area contributed by atoms with Crippen LogP contribution < -0.4 is 5.32 Å². The van der Waals surface area contributed by atoms with Crippen molar-refractivity contribution in [3.63, 3.8) is 0 Å². The van der Waals surface area contributed by atoms with Crippen LogP contribution in [0.1, 0.15) is 34.5 Å². The molecule has 0 aliphatic carbocycles. The Kier molecular flexibility index (Phi) is 3.98. The Bertz CT molecular complexity index is 887. The van der Waals surface area contributed by atoms with Crippen molar-refractivity contribution in [1.29, 1.82) is 0 Å². The molecule has 0 saturated heterocycles. The number of anilines is 2. The lowest BCUT2D eigenvalue weighted by Gasteiger charge is -2.25. The molecule has 0 fully saturated rings. The largest absolute Gasteiger partial charge is 0.356 e. The fourth-order valence-corrected chi connectivity index (χ4v) is 3.30. The predicted octanol–water partition coefficient (Wildman–Crippen LogP) is 5.15. The molecule has 1 unspecified atom stereocenters. The van der Waals surface area contributed by atoms with E-state index >= 15 is 0 Å². The van der Waals surface area contributed by atoms with Crippen molar-refractivity contribution in [3.05, 3.63) is 95.6 Å². The van der Waals surface area contributed by atoms with Crippen LogP contribution in [0.3, 0.4) is 0 Å². The Labute approximate surface area is 147 Å². The number of nitrogens with zero attached hydrogens (tertiary/aromatic N) is 1. The molecule has 124 valence electrons.